The van der Waals surface area contributed by atoms with Crippen molar-refractivity contribution in [2.24, 2.45) is 0 Å². The van der Waals surface area contributed by atoms with Crippen molar-refractivity contribution in [3.05, 3.63) is 40.4 Å². The molecule has 0 amide bonds. The Balaban J connectivity index is 2.15. The maximum absolute atomic E-state index is 13.4. The number of nitrogens with one attached hydrogen (secondary N) is 2. The van der Waals surface area contributed by atoms with Crippen LogP contribution in [-0.2, 0) is 6.54 Å². The molecule has 7 nitrogen and oxygen atoms in total. The summed E-state index contributed by atoms with van der Waals surface area (Å²) < 4.78 is 13.4. The molecular formula is C16H19FN5O2-. The second kappa shape index (κ2) is 6.68. The first-order valence-electron chi connectivity index (χ1n) is 7.70. The topological polar surface area (TPSA) is 96.4 Å². The molecule has 1 aromatic heterocycles. The number of nitrogens with zero attached hydrogens (tertiary/aromatic N) is 3. The van der Waals surface area contributed by atoms with E-state index in [0.717, 1.165) is 16.2 Å². The normalized spacial score (nSPS) is 15.1. The number of anilines is 2. The highest BCUT2D eigenvalue weighted by Gasteiger charge is 2.21. The molecule has 2 heterocycles. The molecule has 0 bridgehead atoms. The van der Waals surface area contributed by atoms with Crippen LogP contribution in [0.25, 0.3) is 11.3 Å². The Kier molecular flexibility index (Phi) is 4.61. The van der Waals surface area contributed by atoms with Crippen LogP contribution in [0.4, 0.5) is 16.2 Å². The van der Waals surface area contributed by atoms with Gasteiger partial charge in [0.1, 0.15) is 11.6 Å². The number of aliphatic hydroxyl groups excluding tert-OH is 1. The minimum absolute atomic E-state index is 0.0893. The van der Waals surface area contributed by atoms with Gasteiger partial charge in [-0.3, -0.25) is 5.32 Å². The molecule has 24 heavy (non-hydrogen) atoms. The quantitative estimate of drug-likeness (QED) is 0.785. The fourth-order valence-corrected chi connectivity index (χ4v) is 2.64. The van der Waals surface area contributed by atoms with E-state index in [-0.39, 0.29) is 36.9 Å². The summed E-state index contributed by atoms with van der Waals surface area (Å²) in [5.41, 5.74) is 2.72. The van der Waals surface area contributed by atoms with Crippen molar-refractivity contribution in [3.63, 3.8) is 0 Å². The lowest BCUT2D eigenvalue weighted by Gasteiger charge is -2.36. The van der Waals surface area contributed by atoms with Crippen molar-refractivity contribution < 1.29 is 9.50 Å². The first-order chi connectivity index (χ1) is 11.5. The van der Waals surface area contributed by atoms with E-state index in [0.29, 0.717) is 17.8 Å². The van der Waals surface area contributed by atoms with Crippen LogP contribution < -0.4 is 15.7 Å². The van der Waals surface area contributed by atoms with Gasteiger partial charge < -0.3 is 20.7 Å². The fraction of sp³-hybridized carbons (Fsp3) is 0.375. The molecule has 0 fully saturated rings. The number of hydroxylamine groups is 1. The Morgan fingerprint density at radius 2 is 2.25 bits per heavy atom. The lowest BCUT2D eigenvalue weighted by molar-refractivity contribution is 0.281. The number of aromatic nitrogens is 2. The van der Waals surface area contributed by atoms with E-state index < -0.39 is 0 Å². The van der Waals surface area contributed by atoms with Gasteiger partial charge in [-0.25, -0.2) is 9.37 Å². The van der Waals surface area contributed by atoms with E-state index in [9.17, 15) is 14.7 Å². The molecule has 0 saturated heterocycles. The number of aryl methyl sites for hydroxylation is 1. The zero-order valence-corrected chi connectivity index (χ0v) is 13.5. The molecule has 0 spiro atoms. The van der Waals surface area contributed by atoms with Crippen molar-refractivity contribution in [1.29, 1.82) is 0 Å². The largest absolute Gasteiger partial charge is 0.756 e. The Labute approximate surface area is 139 Å². The molecule has 0 aliphatic carbocycles. The van der Waals surface area contributed by atoms with E-state index in [4.69, 9.17) is 0 Å². The maximum Gasteiger partial charge on any atom is 0.225 e. The molecule has 1 atom stereocenters. The molecular weight excluding hydrogens is 313 g/mol. The van der Waals surface area contributed by atoms with E-state index in [2.05, 4.69) is 20.6 Å². The standard InChI is InChI=1S/C16H19FN5O2/c1-9-5-11(17)3-4-12(9)14-13-6-18-8-22(24)15(13)21-16(20-14)19-10(2)7-23/h3-5,10,18,23H,6-8H2,1-2H3,(H,19,20,21)/q-1/t10-/m0/s1. The molecule has 3 N–H and O–H groups in total. The number of halogens is 1. The zero-order chi connectivity index (χ0) is 17.3. The third-order valence-electron chi connectivity index (χ3n) is 3.87. The number of fused-ring (bicyclic) bond motifs is 1. The monoisotopic (exact) mass is 332 g/mol. The molecule has 0 saturated carbocycles. The van der Waals surface area contributed by atoms with Crippen LogP contribution in [0.1, 0.15) is 18.1 Å². The van der Waals surface area contributed by atoms with Gasteiger partial charge in [-0.1, -0.05) is 0 Å². The molecule has 1 aliphatic rings. The van der Waals surface area contributed by atoms with Crippen LogP contribution in [0.3, 0.4) is 0 Å². The third-order valence-corrected chi connectivity index (χ3v) is 3.87. The minimum atomic E-state index is -0.324. The zero-order valence-electron chi connectivity index (χ0n) is 13.5. The van der Waals surface area contributed by atoms with Gasteiger partial charge in [0.25, 0.3) is 0 Å². The summed E-state index contributed by atoms with van der Waals surface area (Å²) in [7, 11) is 0. The smallest absolute Gasteiger partial charge is 0.225 e. The minimum Gasteiger partial charge on any atom is -0.756 e. The average molecular weight is 332 g/mol. The maximum atomic E-state index is 13.4. The Hall–Kier alpha value is -2.29. The third kappa shape index (κ3) is 3.16. The number of hydrogen-bond donors (Lipinski definition) is 3. The lowest BCUT2D eigenvalue weighted by Crippen LogP contribution is -2.36. The SMILES string of the molecule is Cc1cc(F)ccc1-c1nc(N[C@@H](C)CO)nc2c1CNCN2[O-]. The van der Waals surface area contributed by atoms with Crippen molar-refractivity contribution in [1.82, 2.24) is 15.3 Å². The van der Waals surface area contributed by atoms with E-state index in [1.165, 1.54) is 12.1 Å². The summed E-state index contributed by atoms with van der Waals surface area (Å²) in [6, 6.07) is 4.19. The summed E-state index contributed by atoms with van der Waals surface area (Å²) in [5.74, 6) is 0.224. The predicted molar refractivity (Wildman–Crippen MR) is 89.9 cm³/mol. The van der Waals surface area contributed by atoms with Gasteiger partial charge in [0.05, 0.1) is 19.0 Å². The number of aliphatic hydroxyl groups is 1. The second-order valence-electron chi connectivity index (χ2n) is 5.85. The van der Waals surface area contributed by atoms with Crippen LogP contribution in [0.15, 0.2) is 18.2 Å². The highest BCUT2D eigenvalue weighted by atomic mass is 19.1. The Bertz CT molecular complexity index is 755. The van der Waals surface area contributed by atoms with E-state index >= 15 is 0 Å². The molecule has 2 aromatic rings. The molecule has 8 heteroatoms. The fourth-order valence-electron chi connectivity index (χ4n) is 2.64. The highest BCUT2D eigenvalue weighted by Crippen LogP contribution is 2.33. The number of benzene rings is 1. The molecule has 1 aromatic carbocycles. The van der Waals surface area contributed by atoms with Crippen LogP contribution in [0, 0.1) is 17.9 Å². The van der Waals surface area contributed by atoms with Gasteiger partial charge in [-0.2, -0.15) is 4.98 Å². The molecule has 128 valence electrons. The van der Waals surface area contributed by atoms with Gasteiger partial charge in [0.15, 0.2) is 0 Å². The molecule has 3 rings (SSSR count). The van der Waals surface area contributed by atoms with Gasteiger partial charge in [-0.15, -0.1) is 0 Å². The van der Waals surface area contributed by atoms with E-state index in [1.807, 2.05) is 0 Å². The predicted octanol–water partition coefficient (Wildman–Crippen LogP) is 1.75. The Morgan fingerprint density at radius 1 is 1.46 bits per heavy atom. The first kappa shape index (κ1) is 16.6. The summed E-state index contributed by atoms with van der Waals surface area (Å²) in [5, 5.41) is 28.1. The summed E-state index contributed by atoms with van der Waals surface area (Å²) in [6.45, 7) is 4.08. The van der Waals surface area contributed by atoms with Crippen molar-refractivity contribution in [2.75, 3.05) is 23.7 Å². The highest BCUT2D eigenvalue weighted by molar-refractivity contribution is 5.73. The van der Waals surface area contributed by atoms with Gasteiger partial charge in [-0.05, 0) is 37.6 Å². The first-order valence-corrected chi connectivity index (χ1v) is 7.70. The van der Waals surface area contributed by atoms with Crippen LogP contribution in [0.5, 0.6) is 0 Å². The molecule has 0 radical (unpaired) electrons. The van der Waals surface area contributed by atoms with Gasteiger partial charge >= 0.3 is 0 Å². The van der Waals surface area contributed by atoms with Crippen LogP contribution >= 0.6 is 0 Å². The van der Waals surface area contributed by atoms with Crippen LogP contribution in [0.2, 0.25) is 0 Å². The van der Waals surface area contributed by atoms with Crippen molar-refractivity contribution in [2.45, 2.75) is 26.4 Å². The van der Waals surface area contributed by atoms with Crippen molar-refractivity contribution >= 4 is 11.8 Å². The summed E-state index contributed by atoms with van der Waals surface area (Å²) in [4.78, 5) is 8.79. The lowest BCUT2D eigenvalue weighted by atomic mass is 10.0. The molecule has 0 unspecified atom stereocenters. The summed E-state index contributed by atoms with van der Waals surface area (Å²) >= 11 is 0. The van der Waals surface area contributed by atoms with Crippen LogP contribution in [-0.4, -0.2) is 34.4 Å². The second-order valence-corrected chi connectivity index (χ2v) is 5.85. The number of hydrogen-bond acceptors (Lipinski definition) is 7. The average Bonchev–Trinajstić information content (AvgIpc) is 2.55. The Morgan fingerprint density at radius 3 is 2.96 bits per heavy atom. The van der Waals surface area contributed by atoms with Gasteiger partial charge in [0.2, 0.25) is 5.95 Å². The number of rotatable bonds is 4. The van der Waals surface area contributed by atoms with Gasteiger partial charge in [0, 0.05) is 23.7 Å². The summed E-state index contributed by atoms with van der Waals surface area (Å²) in [6.07, 6.45) is 0. The molecule has 1 aliphatic heterocycles. The van der Waals surface area contributed by atoms with Crippen molar-refractivity contribution in [3.8, 4) is 11.3 Å². The van der Waals surface area contributed by atoms with E-state index in [1.54, 1.807) is 19.9 Å².